The number of hydrogen-bond donors (Lipinski definition) is 1. The standard InChI is InChI=1S/C19H21ClN2O5S/c1-13(14-7-5-4-6-8-14)21-18(23)12-27-19(24)16-11-15(9-10-17(16)20)28(25,26)22(2)3/h4-11,13H,12H2,1-3H3,(H,21,23)/t13-/m0/s1. The van der Waals surface area contributed by atoms with Crippen molar-refractivity contribution in [1.29, 1.82) is 0 Å². The van der Waals surface area contributed by atoms with Gasteiger partial charge in [0.15, 0.2) is 6.61 Å². The molecular weight excluding hydrogens is 404 g/mol. The topological polar surface area (TPSA) is 92.8 Å². The Morgan fingerprint density at radius 2 is 1.79 bits per heavy atom. The highest BCUT2D eigenvalue weighted by atomic mass is 35.5. The number of ether oxygens (including phenoxy) is 1. The maximum atomic E-state index is 12.3. The van der Waals surface area contributed by atoms with Crippen LogP contribution in [-0.4, -0.2) is 45.3 Å². The van der Waals surface area contributed by atoms with Gasteiger partial charge < -0.3 is 10.1 Å². The maximum Gasteiger partial charge on any atom is 0.340 e. The maximum absolute atomic E-state index is 12.3. The molecule has 9 heteroatoms. The lowest BCUT2D eigenvalue weighted by molar-refractivity contribution is -0.124. The van der Waals surface area contributed by atoms with Gasteiger partial charge in [-0.05, 0) is 30.7 Å². The minimum Gasteiger partial charge on any atom is -0.452 e. The van der Waals surface area contributed by atoms with Crippen molar-refractivity contribution in [3.63, 3.8) is 0 Å². The Morgan fingerprint density at radius 3 is 2.39 bits per heavy atom. The van der Waals surface area contributed by atoms with Gasteiger partial charge in [-0.15, -0.1) is 0 Å². The fourth-order valence-corrected chi connectivity index (χ4v) is 3.47. The molecule has 28 heavy (non-hydrogen) atoms. The van der Waals surface area contributed by atoms with E-state index in [9.17, 15) is 18.0 Å². The summed E-state index contributed by atoms with van der Waals surface area (Å²) < 4.78 is 30.4. The minimum atomic E-state index is -3.74. The molecule has 7 nitrogen and oxygen atoms in total. The minimum absolute atomic E-state index is 0.0285. The van der Waals surface area contributed by atoms with E-state index in [2.05, 4.69) is 5.32 Å². The van der Waals surface area contributed by atoms with Gasteiger partial charge in [-0.3, -0.25) is 4.79 Å². The van der Waals surface area contributed by atoms with Crippen LogP contribution in [0, 0.1) is 0 Å². The van der Waals surface area contributed by atoms with Gasteiger partial charge in [0.2, 0.25) is 10.0 Å². The van der Waals surface area contributed by atoms with Crippen LogP contribution in [-0.2, 0) is 19.6 Å². The molecule has 2 rings (SSSR count). The van der Waals surface area contributed by atoms with Gasteiger partial charge in [-0.25, -0.2) is 17.5 Å². The first-order chi connectivity index (χ1) is 13.1. The number of benzene rings is 2. The average Bonchev–Trinajstić information content (AvgIpc) is 2.66. The number of carbonyl (C=O) groups is 2. The van der Waals surface area contributed by atoms with E-state index in [0.29, 0.717) is 0 Å². The molecule has 0 unspecified atom stereocenters. The van der Waals surface area contributed by atoms with Gasteiger partial charge in [0.1, 0.15) is 0 Å². The Morgan fingerprint density at radius 1 is 1.14 bits per heavy atom. The third-order valence-corrected chi connectivity index (χ3v) is 6.09. The zero-order valence-electron chi connectivity index (χ0n) is 15.7. The summed E-state index contributed by atoms with van der Waals surface area (Å²) in [6.07, 6.45) is 0. The second-order valence-corrected chi connectivity index (χ2v) is 8.76. The predicted molar refractivity (Wildman–Crippen MR) is 106 cm³/mol. The first kappa shape index (κ1) is 21.9. The fraction of sp³-hybridized carbons (Fsp3) is 0.263. The van der Waals surface area contributed by atoms with E-state index in [-0.39, 0.29) is 21.5 Å². The van der Waals surface area contributed by atoms with Crippen LogP contribution in [0.1, 0.15) is 28.9 Å². The summed E-state index contributed by atoms with van der Waals surface area (Å²) in [6.45, 7) is 1.29. The Hall–Kier alpha value is -2.42. The molecular formula is C19H21ClN2O5S. The van der Waals surface area contributed by atoms with Crippen molar-refractivity contribution < 1.29 is 22.7 Å². The lowest BCUT2D eigenvalue weighted by Gasteiger charge is -2.15. The number of carbonyl (C=O) groups excluding carboxylic acids is 2. The smallest absolute Gasteiger partial charge is 0.340 e. The number of nitrogens with zero attached hydrogens (tertiary/aromatic N) is 1. The molecule has 0 heterocycles. The normalized spacial score (nSPS) is 12.5. The molecule has 0 bridgehead atoms. The van der Waals surface area contributed by atoms with E-state index < -0.39 is 28.5 Å². The monoisotopic (exact) mass is 424 g/mol. The van der Waals surface area contributed by atoms with E-state index >= 15 is 0 Å². The first-order valence-corrected chi connectivity index (χ1v) is 10.2. The first-order valence-electron chi connectivity index (χ1n) is 8.36. The van der Waals surface area contributed by atoms with Crippen molar-refractivity contribution in [2.45, 2.75) is 17.9 Å². The van der Waals surface area contributed by atoms with E-state index in [1.165, 1.54) is 26.2 Å². The summed E-state index contributed by atoms with van der Waals surface area (Å²) in [7, 11) is -0.990. The molecule has 2 aromatic rings. The van der Waals surface area contributed by atoms with Crippen LogP contribution < -0.4 is 5.32 Å². The van der Waals surface area contributed by atoms with Crippen molar-refractivity contribution >= 4 is 33.5 Å². The molecule has 0 saturated heterocycles. The second-order valence-electron chi connectivity index (χ2n) is 6.21. The largest absolute Gasteiger partial charge is 0.452 e. The molecule has 1 N–H and O–H groups in total. The number of hydrogen-bond acceptors (Lipinski definition) is 5. The Balaban J connectivity index is 2.04. The SMILES string of the molecule is C[C@H](NC(=O)COC(=O)c1cc(S(=O)(=O)N(C)C)ccc1Cl)c1ccccc1. The van der Waals surface area contributed by atoms with Crippen LogP contribution in [0.2, 0.25) is 5.02 Å². The average molecular weight is 425 g/mol. The molecule has 0 spiro atoms. The molecule has 150 valence electrons. The van der Waals surface area contributed by atoms with Gasteiger partial charge in [0, 0.05) is 14.1 Å². The molecule has 1 amide bonds. The highest BCUT2D eigenvalue weighted by molar-refractivity contribution is 7.89. The van der Waals surface area contributed by atoms with Crippen LogP contribution in [0.3, 0.4) is 0 Å². The fourth-order valence-electron chi connectivity index (χ4n) is 2.35. The summed E-state index contributed by atoms with van der Waals surface area (Å²) >= 11 is 5.99. The van der Waals surface area contributed by atoms with Gasteiger partial charge in [0.05, 0.1) is 21.5 Å². The van der Waals surface area contributed by atoms with Crippen LogP contribution in [0.25, 0.3) is 0 Å². The van der Waals surface area contributed by atoms with Gasteiger partial charge in [0.25, 0.3) is 5.91 Å². The molecule has 0 aromatic heterocycles. The third kappa shape index (κ3) is 5.31. The summed E-state index contributed by atoms with van der Waals surface area (Å²) in [5.41, 5.74) is 0.778. The van der Waals surface area contributed by atoms with Crippen molar-refractivity contribution in [2.75, 3.05) is 20.7 Å². The number of nitrogens with one attached hydrogen (secondary N) is 1. The second kappa shape index (κ2) is 9.18. The molecule has 0 aliphatic carbocycles. The number of esters is 1. The number of rotatable bonds is 7. The van der Waals surface area contributed by atoms with Gasteiger partial charge in [-0.1, -0.05) is 41.9 Å². The van der Waals surface area contributed by atoms with Crippen LogP contribution in [0.15, 0.2) is 53.4 Å². The number of halogens is 1. The van der Waals surface area contributed by atoms with Gasteiger partial charge >= 0.3 is 5.97 Å². The lowest BCUT2D eigenvalue weighted by atomic mass is 10.1. The molecule has 1 atom stereocenters. The predicted octanol–water partition coefficient (Wildman–Crippen LogP) is 2.62. The number of amides is 1. The zero-order valence-corrected chi connectivity index (χ0v) is 17.3. The molecule has 0 radical (unpaired) electrons. The summed E-state index contributed by atoms with van der Waals surface area (Å²) in [5.74, 6) is -1.37. The van der Waals surface area contributed by atoms with E-state index in [1.807, 2.05) is 37.3 Å². The summed E-state index contributed by atoms with van der Waals surface area (Å²) in [6, 6.07) is 12.8. The van der Waals surface area contributed by atoms with Gasteiger partial charge in [-0.2, -0.15) is 0 Å². The van der Waals surface area contributed by atoms with E-state index in [4.69, 9.17) is 16.3 Å². The van der Waals surface area contributed by atoms with Crippen LogP contribution >= 0.6 is 11.6 Å². The molecule has 0 fully saturated rings. The Kier molecular flexibility index (Phi) is 7.17. The van der Waals surface area contributed by atoms with E-state index in [1.54, 1.807) is 0 Å². The Labute approximate surface area is 169 Å². The zero-order chi connectivity index (χ0) is 20.9. The Bertz CT molecular complexity index is 962. The number of sulfonamides is 1. The van der Waals surface area contributed by atoms with Crippen molar-refractivity contribution in [3.8, 4) is 0 Å². The van der Waals surface area contributed by atoms with Crippen LogP contribution in [0.5, 0.6) is 0 Å². The van der Waals surface area contributed by atoms with Crippen molar-refractivity contribution in [2.24, 2.45) is 0 Å². The molecule has 2 aromatic carbocycles. The van der Waals surface area contributed by atoms with Crippen molar-refractivity contribution in [3.05, 3.63) is 64.7 Å². The highest BCUT2D eigenvalue weighted by Crippen LogP contribution is 2.23. The van der Waals surface area contributed by atoms with E-state index in [0.717, 1.165) is 15.9 Å². The van der Waals surface area contributed by atoms with Crippen molar-refractivity contribution in [1.82, 2.24) is 9.62 Å². The molecule has 0 aliphatic rings. The quantitative estimate of drug-likeness (QED) is 0.689. The highest BCUT2D eigenvalue weighted by Gasteiger charge is 2.22. The van der Waals surface area contributed by atoms with Crippen LogP contribution in [0.4, 0.5) is 0 Å². The molecule has 0 aliphatic heterocycles. The summed E-state index contributed by atoms with van der Waals surface area (Å²) in [4.78, 5) is 24.2. The molecule has 0 saturated carbocycles. The summed E-state index contributed by atoms with van der Waals surface area (Å²) in [5, 5.41) is 2.74. The lowest BCUT2D eigenvalue weighted by Crippen LogP contribution is -2.31. The third-order valence-electron chi connectivity index (χ3n) is 3.95.